The van der Waals surface area contributed by atoms with Crippen LogP contribution in [0.2, 0.25) is 0 Å². The van der Waals surface area contributed by atoms with E-state index in [4.69, 9.17) is 0 Å². The Bertz CT molecular complexity index is 310. The highest BCUT2D eigenvalue weighted by Crippen LogP contribution is 2.24. The summed E-state index contributed by atoms with van der Waals surface area (Å²) in [6.07, 6.45) is 2.70. The molecule has 1 atom stereocenters. The molecular formula is C12H16BrNS. The minimum atomic E-state index is 0.803. The molecule has 0 saturated carbocycles. The molecule has 1 aromatic carbocycles. The minimum absolute atomic E-state index is 0.803. The van der Waals surface area contributed by atoms with Gasteiger partial charge in [-0.3, -0.25) is 0 Å². The summed E-state index contributed by atoms with van der Waals surface area (Å²) in [5.41, 5.74) is 1.42. The maximum atomic E-state index is 3.51. The summed E-state index contributed by atoms with van der Waals surface area (Å²) >= 11 is 5.58. The first-order valence-corrected chi connectivity index (χ1v) is 7.25. The zero-order valence-electron chi connectivity index (χ0n) is 8.71. The number of nitrogens with one attached hydrogen (secondary N) is 1. The lowest BCUT2D eigenvalue weighted by atomic mass is 10.2. The Balaban J connectivity index is 1.81. The lowest BCUT2D eigenvalue weighted by molar-refractivity contribution is 0.531. The number of halogens is 1. The molecular weight excluding hydrogens is 270 g/mol. The first kappa shape index (κ1) is 11.5. The zero-order valence-corrected chi connectivity index (χ0v) is 11.1. The third-order valence-corrected chi connectivity index (χ3v) is 4.49. The zero-order chi connectivity index (χ0) is 10.5. The maximum Gasteiger partial charge on any atom is 0.0188 e. The van der Waals surface area contributed by atoms with Gasteiger partial charge in [0.1, 0.15) is 0 Å². The van der Waals surface area contributed by atoms with Crippen LogP contribution >= 0.6 is 27.7 Å². The number of hydrogen-bond donors (Lipinski definition) is 1. The Morgan fingerprint density at radius 2 is 2.40 bits per heavy atom. The molecule has 1 fully saturated rings. The highest BCUT2D eigenvalue weighted by molar-refractivity contribution is 9.10. The van der Waals surface area contributed by atoms with Gasteiger partial charge >= 0.3 is 0 Å². The van der Waals surface area contributed by atoms with Crippen molar-refractivity contribution in [2.45, 2.75) is 23.8 Å². The van der Waals surface area contributed by atoms with Gasteiger partial charge in [0, 0.05) is 22.0 Å². The van der Waals surface area contributed by atoms with E-state index in [1.807, 2.05) is 0 Å². The molecule has 2 rings (SSSR count). The highest BCUT2D eigenvalue weighted by Gasteiger charge is 2.12. The maximum absolute atomic E-state index is 3.51. The number of hydrogen-bond acceptors (Lipinski definition) is 2. The van der Waals surface area contributed by atoms with Gasteiger partial charge in [-0.25, -0.2) is 0 Å². The van der Waals surface area contributed by atoms with Crippen molar-refractivity contribution in [3.63, 3.8) is 0 Å². The van der Waals surface area contributed by atoms with Gasteiger partial charge in [0.25, 0.3) is 0 Å². The fourth-order valence-corrected chi connectivity index (χ4v) is 3.43. The van der Waals surface area contributed by atoms with Crippen molar-refractivity contribution in [2.24, 2.45) is 0 Å². The molecule has 0 amide bonds. The predicted octanol–water partition coefficient (Wildman–Crippen LogP) is 3.43. The molecule has 1 N–H and O–H groups in total. The van der Waals surface area contributed by atoms with Crippen molar-refractivity contribution in [1.82, 2.24) is 5.32 Å². The van der Waals surface area contributed by atoms with E-state index in [0.29, 0.717) is 0 Å². The molecule has 1 unspecified atom stereocenters. The van der Waals surface area contributed by atoms with E-state index in [2.05, 4.69) is 57.3 Å². The van der Waals surface area contributed by atoms with Crippen molar-refractivity contribution in [1.29, 1.82) is 0 Å². The Labute approximate surface area is 104 Å². The number of piperidine rings is 1. The average molecular weight is 286 g/mol. The Morgan fingerprint density at radius 3 is 3.13 bits per heavy atom. The molecule has 0 bridgehead atoms. The molecule has 15 heavy (non-hydrogen) atoms. The van der Waals surface area contributed by atoms with Crippen molar-refractivity contribution < 1.29 is 0 Å². The van der Waals surface area contributed by atoms with E-state index in [-0.39, 0.29) is 0 Å². The molecule has 82 valence electrons. The largest absolute Gasteiger partial charge is 0.316 e. The van der Waals surface area contributed by atoms with E-state index in [1.165, 1.54) is 36.0 Å². The monoisotopic (exact) mass is 285 g/mol. The van der Waals surface area contributed by atoms with E-state index in [9.17, 15) is 0 Å². The van der Waals surface area contributed by atoms with Gasteiger partial charge in [-0.2, -0.15) is 11.8 Å². The van der Waals surface area contributed by atoms with Crippen LogP contribution in [-0.2, 0) is 5.75 Å². The van der Waals surface area contributed by atoms with E-state index in [0.717, 1.165) is 11.0 Å². The summed E-state index contributed by atoms with van der Waals surface area (Å²) < 4.78 is 1.18. The molecule has 1 aliphatic rings. The second-order valence-electron chi connectivity index (χ2n) is 3.91. The van der Waals surface area contributed by atoms with Crippen LogP contribution in [0, 0.1) is 0 Å². The van der Waals surface area contributed by atoms with Gasteiger partial charge in [0.15, 0.2) is 0 Å². The van der Waals surface area contributed by atoms with E-state index >= 15 is 0 Å². The molecule has 0 radical (unpaired) electrons. The molecule has 0 aliphatic carbocycles. The topological polar surface area (TPSA) is 12.0 Å². The van der Waals surface area contributed by atoms with Crippen molar-refractivity contribution in [3.05, 3.63) is 34.3 Å². The van der Waals surface area contributed by atoms with Crippen molar-refractivity contribution in [2.75, 3.05) is 13.1 Å². The number of rotatable bonds is 3. The second kappa shape index (κ2) is 5.92. The van der Waals surface area contributed by atoms with Crippen LogP contribution < -0.4 is 5.32 Å². The lowest BCUT2D eigenvalue weighted by Gasteiger charge is -2.22. The standard InChI is InChI=1S/C12H16BrNS/c13-11-4-1-3-10(7-11)9-15-12-5-2-6-14-8-12/h1,3-4,7,12,14H,2,5-6,8-9H2. The quantitative estimate of drug-likeness (QED) is 0.913. The van der Waals surface area contributed by atoms with Crippen LogP contribution in [0.25, 0.3) is 0 Å². The average Bonchev–Trinajstić information content (AvgIpc) is 2.28. The first-order valence-electron chi connectivity index (χ1n) is 5.41. The molecule has 3 heteroatoms. The fraction of sp³-hybridized carbons (Fsp3) is 0.500. The summed E-state index contributed by atoms with van der Waals surface area (Å²) in [5.74, 6) is 1.13. The summed E-state index contributed by atoms with van der Waals surface area (Å²) in [4.78, 5) is 0. The smallest absolute Gasteiger partial charge is 0.0188 e. The molecule has 1 saturated heterocycles. The van der Waals surface area contributed by atoms with Crippen LogP contribution in [0.15, 0.2) is 28.7 Å². The SMILES string of the molecule is Brc1cccc(CSC2CCCNC2)c1. The van der Waals surface area contributed by atoms with Crippen LogP contribution in [0.4, 0.5) is 0 Å². The van der Waals surface area contributed by atoms with Gasteiger partial charge in [0.05, 0.1) is 0 Å². The summed E-state index contributed by atoms with van der Waals surface area (Å²) in [6.45, 7) is 2.38. The number of thioether (sulfide) groups is 1. The van der Waals surface area contributed by atoms with Gasteiger partial charge < -0.3 is 5.32 Å². The van der Waals surface area contributed by atoms with Crippen LogP contribution in [0.5, 0.6) is 0 Å². The minimum Gasteiger partial charge on any atom is -0.316 e. The number of benzene rings is 1. The van der Waals surface area contributed by atoms with E-state index in [1.54, 1.807) is 0 Å². The third kappa shape index (κ3) is 3.82. The molecule has 1 aliphatic heterocycles. The van der Waals surface area contributed by atoms with Gasteiger partial charge in [-0.15, -0.1) is 0 Å². The molecule has 0 aromatic heterocycles. The normalized spacial score (nSPS) is 21.5. The Morgan fingerprint density at radius 1 is 1.47 bits per heavy atom. The van der Waals surface area contributed by atoms with Crippen LogP contribution in [-0.4, -0.2) is 18.3 Å². The van der Waals surface area contributed by atoms with Crippen molar-refractivity contribution in [3.8, 4) is 0 Å². The molecule has 0 spiro atoms. The Kier molecular flexibility index (Phi) is 4.54. The predicted molar refractivity (Wildman–Crippen MR) is 71.3 cm³/mol. The summed E-state index contributed by atoms with van der Waals surface area (Å²) in [7, 11) is 0. The van der Waals surface area contributed by atoms with Gasteiger partial charge in [-0.05, 0) is 37.1 Å². The van der Waals surface area contributed by atoms with Crippen LogP contribution in [0.3, 0.4) is 0 Å². The lowest BCUT2D eigenvalue weighted by Crippen LogP contribution is -2.31. The summed E-state index contributed by atoms with van der Waals surface area (Å²) in [5, 5.41) is 4.26. The van der Waals surface area contributed by atoms with E-state index < -0.39 is 0 Å². The van der Waals surface area contributed by atoms with Gasteiger partial charge in [-0.1, -0.05) is 28.1 Å². The van der Waals surface area contributed by atoms with Gasteiger partial charge in [0.2, 0.25) is 0 Å². The third-order valence-electron chi connectivity index (χ3n) is 2.63. The Hall–Kier alpha value is 0.01000. The second-order valence-corrected chi connectivity index (χ2v) is 6.11. The molecule has 1 nitrogen and oxygen atoms in total. The first-order chi connectivity index (χ1) is 7.34. The molecule has 1 aromatic rings. The molecule has 1 heterocycles. The summed E-state index contributed by atoms with van der Waals surface area (Å²) in [6, 6.07) is 8.60. The van der Waals surface area contributed by atoms with Crippen molar-refractivity contribution >= 4 is 27.7 Å². The fourth-order valence-electron chi connectivity index (χ4n) is 1.80. The van der Waals surface area contributed by atoms with Crippen LogP contribution in [0.1, 0.15) is 18.4 Å². The highest BCUT2D eigenvalue weighted by atomic mass is 79.9.